The molecule has 4 N–H and O–H groups in total. The number of benzene rings is 3. The number of carbonyl (C=O) groups excluding carboxylic acids is 2. The Hall–Kier alpha value is -5.04. The molecule has 0 saturated carbocycles. The van der Waals surface area contributed by atoms with Crippen LogP contribution in [-0.2, 0) is 9.63 Å². The van der Waals surface area contributed by atoms with Crippen molar-refractivity contribution >= 4 is 40.1 Å². The van der Waals surface area contributed by atoms with Gasteiger partial charge in [0.15, 0.2) is 5.88 Å². The van der Waals surface area contributed by atoms with Crippen LogP contribution in [0.2, 0.25) is 0 Å². The van der Waals surface area contributed by atoms with Crippen LogP contribution < -0.4 is 5.32 Å². The Labute approximate surface area is 260 Å². The third kappa shape index (κ3) is 7.55. The zero-order valence-corrected chi connectivity index (χ0v) is 25.2. The van der Waals surface area contributed by atoms with Crippen molar-refractivity contribution < 1.29 is 29.4 Å². The fourth-order valence-electron chi connectivity index (χ4n) is 5.22. The molecule has 12 nitrogen and oxygen atoms in total. The summed E-state index contributed by atoms with van der Waals surface area (Å²) >= 11 is 0. The summed E-state index contributed by atoms with van der Waals surface area (Å²) in [5.41, 5.74) is 3.22. The Morgan fingerprint density at radius 1 is 0.933 bits per heavy atom. The number of carboxylic acid groups (broad SMARTS) is 1. The molecule has 12 heteroatoms. The van der Waals surface area contributed by atoms with E-state index in [1.165, 1.54) is 17.2 Å². The Morgan fingerprint density at radius 2 is 1.60 bits per heavy atom. The number of aromatic carboxylic acids is 1. The summed E-state index contributed by atoms with van der Waals surface area (Å²) in [5.74, 6) is -1.49. The molecule has 3 aromatic carbocycles. The fraction of sp³-hybridized carbons (Fsp3) is 0.273. The van der Waals surface area contributed by atoms with Gasteiger partial charge in [-0.05, 0) is 36.4 Å². The van der Waals surface area contributed by atoms with Gasteiger partial charge in [0, 0.05) is 68.8 Å². The van der Waals surface area contributed by atoms with E-state index in [0.29, 0.717) is 53.1 Å². The smallest absolute Gasteiger partial charge is 0.335 e. The van der Waals surface area contributed by atoms with Crippen molar-refractivity contribution in [2.45, 2.75) is 0 Å². The van der Waals surface area contributed by atoms with Gasteiger partial charge in [-0.3, -0.25) is 24.2 Å². The third-order valence-electron chi connectivity index (χ3n) is 7.75. The normalized spacial score (nSPS) is 14.4. The van der Waals surface area contributed by atoms with Crippen molar-refractivity contribution in [3.05, 3.63) is 95.1 Å². The number of likely N-dealkylation sites (N-methyl/N-ethyl adjacent to an activating group) is 1. The molecule has 0 aliphatic carbocycles. The number of hydrogen-bond acceptors (Lipinski definition) is 8. The molecule has 1 aliphatic rings. The molecule has 1 aromatic heterocycles. The van der Waals surface area contributed by atoms with E-state index in [1.807, 2.05) is 30.3 Å². The van der Waals surface area contributed by atoms with Crippen LogP contribution in [0.1, 0.15) is 31.8 Å². The van der Waals surface area contributed by atoms with Gasteiger partial charge in [-0.25, -0.2) is 14.9 Å². The first kappa shape index (κ1) is 31.4. The summed E-state index contributed by atoms with van der Waals surface area (Å²) in [5, 5.41) is 24.8. The van der Waals surface area contributed by atoms with E-state index in [1.54, 1.807) is 44.4 Å². The molecular formula is C33H36N6O6. The number of H-pyrrole nitrogens is 1. The van der Waals surface area contributed by atoms with Crippen LogP contribution >= 0.6 is 0 Å². The lowest BCUT2D eigenvalue weighted by atomic mass is 10.00. The number of aliphatic imine (C=N–C) groups is 1. The standard InChI is InChI=1S/C33H36N6O6/c1-34-28(40)21-39-16-14-38(15-17-39)18-19-45-37(2)32(42)23-8-11-25(12-9-23)35-30(22-6-4-3-5-7-22)29-26-13-10-24(33(43)44)20-27(26)36-31(29)41/h3-13,20,36,41H,14-19,21H2,1-2H3,(H,34,40)(H,43,44). The van der Waals surface area contributed by atoms with Gasteiger partial charge < -0.3 is 20.5 Å². The number of piperazine rings is 1. The number of rotatable bonds is 11. The number of carboxylic acids is 1. The van der Waals surface area contributed by atoms with E-state index in [9.17, 15) is 24.6 Å². The van der Waals surface area contributed by atoms with Gasteiger partial charge in [0.25, 0.3) is 5.91 Å². The molecule has 0 unspecified atom stereocenters. The van der Waals surface area contributed by atoms with Crippen LogP contribution in [0.5, 0.6) is 5.88 Å². The predicted octanol–water partition coefficient (Wildman–Crippen LogP) is 3.11. The molecule has 0 spiro atoms. The van der Waals surface area contributed by atoms with Gasteiger partial charge >= 0.3 is 5.97 Å². The van der Waals surface area contributed by atoms with Crippen molar-refractivity contribution in [2.75, 3.05) is 60.0 Å². The molecule has 0 radical (unpaired) electrons. The SMILES string of the molecule is CNC(=O)CN1CCN(CCON(C)C(=O)c2ccc(N=C(c3ccccc3)c3c(O)[nH]c4cc(C(=O)O)ccc34)cc2)CC1. The number of carbonyl (C=O) groups is 3. The minimum Gasteiger partial charge on any atom is -0.494 e. The minimum absolute atomic E-state index is 0.00888. The van der Waals surface area contributed by atoms with Crippen LogP contribution in [-0.4, -0.2) is 114 Å². The number of nitrogens with zero attached hydrogens (tertiary/aromatic N) is 4. The summed E-state index contributed by atoms with van der Waals surface area (Å²) in [6, 6.07) is 20.7. The van der Waals surface area contributed by atoms with Crippen molar-refractivity contribution in [3.8, 4) is 5.88 Å². The molecule has 5 rings (SSSR count). The van der Waals surface area contributed by atoms with Crippen molar-refractivity contribution in [1.29, 1.82) is 0 Å². The molecule has 0 bridgehead atoms. The summed E-state index contributed by atoms with van der Waals surface area (Å²) in [6.07, 6.45) is 0. The Kier molecular flexibility index (Phi) is 9.88. The predicted molar refractivity (Wildman–Crippen MR) is 170 cm³/mol. The summed E-state index contributed by atoms with van der Waals surface area (Å²) < 4.78 is 0. The zero-order valence-electron chi connectivity index (χ0n) is 25.2. The molecule has 234 valence electrons. The maximum atomic E-state index is 13.0. The van der Waals surface area contributed by atoms with E-state index >= 15 is 0 Å². The first-order valence-electron chi connectivity index (χ1n) is 14.6. The highest BCUT2D eigenvalue weighted by atomic mass is 16.7. The number of nitrogens with one attached hydrogen (secondary N) is 2. The van der Waals surface area contributed by atoms with Crippen molar-refractivity contribution in [3.63, 3.8) is 0 Å². The first-order valence-corrected chi connectivity index (χ1v) is 14.6. The van der Waals surface area contributed by atoms with Gasteiger partial charge in [-0.1, -0.05) is 36.4 Å². The van der Waals surface area contributed by atoms with Gasteiger partial charge in [0.2, 0.25) is 5.91 Å². The summed E-state index contributed by atoms with van der Waals surface area (Å²) in [4.78, 5) is 53.9. The number of amides is 2. The molecule has 4 aromatic rings. The lowest BCUT2D eigenvalue weighted by molar-refractivity contribution is -0.122. The molecule has 1 aliphatic heterocycles. The number of fused-ring (bicyclic) bond motifs is 1. The van der Waals surface area contributed by atoms with E-state index in [4.69, 9.17) is 9.83 Å². The van der Waals surface area contributed by atoms with Crippen LogP contribution in [0.15, 0.2) is 77.8 Å². The second-order valence-corrected chi connectivity index (χ2v) is 10.7. The van der Waals surface area contributed by atoms with Crippen LogP contribution in [0.3, 0.4) is 0 Å². The number of aromatic nitrogens is 1. The van der Waals surface area contributed by atoms with Crippen LogP contribution in [0, 0.1) is 0 Å². The van der Waals surface area contributed by atoms with E-state index < -0.39 is 5.97 Å². The highest BCUT2D eigenvalue weighted by molar-refractivity contribution is 6.22. The van der Waals surface area contributed by atoms with Gasteiger partial charge in [0.1, 0.15) is 0 Å². The van der Waals surface area contributed by atoms with Crippen molar-refractivity contribution in [1.82, 2.24) is 25.2 Å². The third-order valence-corrected chi connectivity index (χ3v) is 7.75. The van der Waals surface area contributed by atoms with Crippen molar-refractivity contribution in [2.24, 2.45) is 4.99 Å². The van der Waals surface area contributed by atoms with Gasteiger partial charge in [-0.15, -0.1) is 0 Å². The fourth-order valence-corrected chi connectivity index (χ4v) is 5.22. The highest BCUT2D eigenvalue weighted by Crippen LogP contribution is 2.32. The quantitative estimate of drug-likeness (QED) is 0.149. The number of hydrogen-bond donors (Lipinski definition) is 4. The summed E-state index contributed by atoms with van der Waals surface area (Å²) in [7, 11) is 3.22. The molecule has 2 heterocycles. The molecule has 45 heavy (non-hydrogen) atoms. The molecular weight excluding hydrogens is 576 g/mol. The van der Waals surface area contributed by atoms with Gasteiger partial charge in [0.05, 0.1) is 35.7 Å². The monoisotopic (exact) mass is 612 g/mol. The first-order chi connectivity index (χ1) is 21.7. The minimum atomic E-state index is -1.07. The molecule has 1 fully saturated rings. The number of aromatic hydroxyl groups is 1. The van der Waals surface area contributed by atoms with Crippen LogP contribution in [0.4, 0.5) is 5.69 Å². The van der Waals surface area contributed by atoms with E-state index in [2.05, 4.69) is 20.1 Å². The Bertz CT molecular complexity index is 1690. The maximum Gasteiger partial charge on any atom is 0.335 e. The second kappa shape index (κ2) is 14.2. The van der Waals surface area contributed by atoms with Crippen LogP contribution in [0.25, 0.3) is 10.9 Å². The molecule has 1 saturated heterocycles. The second-order valence-electron chi connectivity index (χ2n) is 10.7. The highest BCUT2D eigenvalue weighted by Gasteiger charge is 2.21. The molecule has 0 atom stereocenters. The average Bonchev–Trinajstić information content (AvgIpc) is 3.39. The maximum absolute atomic E-state index is 13.0. The number of aromatic amines is 1. The lowest BCUT2D eigenvalue weighted by Crippen LogP contribution is -2.50. The van der Waals surface area contributed by atoms with Gasteiger partial charge in [-0.2, -0.15) is 0 Å². The topological polar surface area (TPSA) is 151 Å². The van der Waals surface area contributed by atoms with E-state index in [-0.39, 0.29) is 23.3 Å². The van der Waals surface area contributed by atoms with E-state index in [0.717, 1.165) is 31.7 Å². The summed E-state index contributed by atoms with van der Waals surface area (Å²) in [6.45, 7) is 4.66. The molecule has 2 amide bonds. The lowest BCUT2D eigenvalue weighted by Gasteiger charge is -2.34. The number of hydroxylamine groups is 2. The Morgan fingerprint density at radius 3 is 2.27 bits per heavy atom. The largest absolute Gasteiger partial charge is 0.494 e. The zero-order chi connectivity index (χ0) is 31.9. The average molecular weight is 613 g/mol. The Balaban J connectivity index is 1.26.